The molecule has 0 spiro atoms. The van der Waals surface area contributed by atoms with Crippen LogP contribution in [0.4, 0.5) is 5.69 Å². The van der Waals surface area contributed by atoms with Crippen molar-refractivity contribution in [1.29, 1.82) is 0 Å². The first kappa shape index (κ1) is 17.7. The summed E-state index contributed by atoms with van der Waals surface area (Å²) in [5.41, 5.74) is 3.94. The minimum Gasteiger partial charge on any atom is -0.497 e. The maximum absolute atomic E-state index is 5.35. The number of anilines is 1. The van der Waals surface area contributed by atoms with Crippen LogP contribution in [0, 0.1) is 0 Å². The molecule has 2 aromatic rings. The van der Waals surface area contributed by atoms with Gasteiger partial charge in [0.2, 0.25) is 0 Å². The normalized spacial score (nSPS) is 13.8. The standard InChI is InChI=1S/C20H25N3OS/c1-24-19-9-7-18(8-10-19)22-20(25)21-12-4-13-23-14-11-16-5-2-3-6-17(16)15-23/h2-3,5-10H,4,11-15H2,1H3,(H2,21,22,25). The molecule has 1 heterocycles. The van der Waals surface area contributed by atoms with Crippen molar-refractivity contribution in [3.8, 4) is 5.75 Å². The molecule has 0 aromatic heterocycles. The molecule has 2 aromatic carbocycles. The van der Waals surface area contributed by atoms with Crippen LogP contribution in [0.15, 0.2) is 48.5 Å². The van der Waals surface area contributed by atoms with Crippen LogP contribution in [0.1, 0.15) is 17.5 Å². The number of nitrogens with one attached hydrogen (secondary N) is 2. The van der Waals surface area contributed by atoms with E-state index in [2.05, 4.69) is 39.8 Å². The molecule has 0 aliphatic carbocycles. The molecule has 0 bridgehead atoms. The summed E-state index contributed by atoms with van der Waals surface area (Å²) in [5.74, 6) is 0.840. The summed E-state index contributed by atoms with van der Waals surface area (Å²) >= 11 is 5.35. The van der Waals surface area contributed by atoms with E-state index in [4.69, 9.17) is 17.0 Å². The third kappa shape index (κ3) is 5.18. The van der Waals surface area contributed by atoms with E-state index < -0.39 is 0 Å². The number of methoxy groups -OCH3 is 1. The van der Waals surface area contributed by atoms with E-state index >= 15 is 0 Å². The lowest BCUT2D eigenvalue weighted by Gasteiger charge is -2.28. The van der Waals surface area contributed by atoms with Gasteiger partial charge in [-0.25, -0.2) is 0 Å². The molecule has 4 nitrogen and oxygen atoms in total. The molecule has 0 unspecified atom stereocenters. The quantitative estimate of drug-likeness (QED) is 0.613. The van der Waals surface area contributed by atoms with E-state index in [9.17, 15) is 0 Å². The van der Waals surface area contributed by atoms with E-state index in [-0.39, 0.29) is 0 Å². The van der Waals surface area contributed by atoms with Gasteiger partial charge in [0, 0.05) is 31.9 Å². The minimum atomic E-state index is 0.661. The zero-order chi connectivity index (χ0) is 17.5. The van der Waals surface area contributed by atoms with Gasteiger partial charge >= 0.3 is 0 Å². The lowest BCUT2D eigenvalue weighted by Crippen LogP contribution is -2.34. The number of ether oxygens (including phenoxy) is 1. The Bertz CT molecular complexity index is 702. The Morgan fingerprint density at radius 2 is 1.88 bits per heavy atom. The summed E-state index contributed by atoms with van der Waals surface area (Å²) in [6, 6.07) is 16.5. The fraction of sp³-hybridized carbons (Fsp3) is 0.350. The van der Waals surface area contributed by atoms with Gasteiger partial charge in [-0.1, -0.05) is 24.3 Å². The van der Waals surface area contributed by atoms with Gasteiger partial charge in [0.15, 0.2) is 5.11 Å². The Hall–Kier alpha value is -2.11. The molecule has 3 rings (SSSR count). The SMILES string of the molecule is COc1ccc(NC(=S)NCCCN2CCc3ccccc3C2)cc1. The van der Waals surface area contributed by atoms with Gasteiger partial charge < -0.3 is 15.4 Å². The maximum atomic E-state index is 5.35. The van der Waals surface area contributed by atoms with Crippen molar-refractivity contribution in [2.24, 2.45) is 0 Å². The molecule has 132 valence electrons. The monoisotopic (exact) mass is 355 g/mol. The van der Waals surface area contributed by atoms with Crippen molar-refractivity contribution in [2.45, 2.75) is 19.4 Å². The van der Waals surface area contributed by atoms with Crippen LogP contribution in [-0.2, 0) is 13.0 Å². The molecular weight excluding hydrogens is 330 g/mol. The van der Waals surface area contributed by atoms with Crippen molar-refractivity contribution in [3.05, 3.63) is 59.7 Å². The maximum Gasteiger partial charge on any atom is 0.170 e. The average Bonchev–Trinajstić information content (AvgIpc) is 2.66. The van der Waals surface area contributed by atoms with Crippen LogP contribution in [0.25, 0.3) is 0 Å². The Labute approximate surface area is 155 Å². The molecule has 5 heteroatoms. The lowest BCUT2D eigenvalue weighted by atomic mass is 10.00. The molecule has 0 saturated heterocycles. The van der Waals surface area contributed by atoms with Crippen molar-refractivity contribution in [3.63, 3.8) is 0 Å². The largest absolute Gasteiger partial charge is 0.497 e. The fourth-order valence-corrected chi connectivity index (χ4v) is 3.32. The van der Waals surface area contributed by atoms with Crippen LogP contribution >= 0.6 is 12.2 Å². The summed E-state index contributed by atoms with van der Waals surface area (Å²) in [6.07, 6.45) is 2.23. The molecule has 2 N–H and O–H groups in total. The van der Waals surface area contributed by atoms with Crippen molar-refractivity contribution >= 4 is 23.0 Å². The molecule has 1 aliphatic rings. The first-order chi connectivity index (χ1) is 12.2. The molecular formula is C20H25N3OS. The van der Waals surface area contributed by atoms with Crippen LogP contribution < -0.4 is 15.4 Å². The molecule has 0 atom stereocenters. The van der Waals surface area contributed by atoms with Gasteiger partial charge in [-0.15, -0.1) is 0 Å². The van der Waals surface area contributed by atoms with Gasteiger partial charge in [0.25, 0.3) is 0 Å². The molecule has 0 amide bonds. The van der Waals surface area contributed by atoms with E-state index in [1.165, 1.54) is 11.1 Å². The third-order valence-electron chi connectivity index (χ3n) is 4.49. The first-order valence-electron chi connectivity index (χ1n) is 8.72. The van der Waals surface area contributed by atoms with E-state index in [0.29, 0.717) is 5.11 Å². The predicted octanol–water partition coefficient (Wildman–Crippen LogP) is 3.43. The predicted molar refractivity (Wildman–Crippen MR) is 107 cm³/mol. The zero-order valence-electron chi connectivity index (χ0n) is 14.6. The minimum absolute atomic E-state index is 0.661. The Balaban J connectivity index is 1.35. The molecule has 1 aliphatic heterocycles. The van der Waals surface area contributed by atoms with Gasteiger partial charge in [0.1, 0.15) is 5.75 Å². The number of hydrogen-bond acceptors (Lipinski definition) is 3. The highest BCUT2D eigenvalue weighted by atomic mass is 32.1. The number of thiocarbonyl (C=S) groups is 1. The summed E-state index contributed by atoms with van der Waals surface area (Å²) in [5, 5.41) is 7.14. The van der Waals surface area contributed by atoms with Gasteiger partial charge in [-0.3, -0.25) is 4.90 Å². The van der Waals surface area contributed by atoms with Crippen molar-refractivity contribution < 1.29 is 4.74 Å². The highest BCUT2D eigenvalue weighted by Gasteiger charge is 2.14. The molecule has 0 radical (unpaired) electrons. The van der Waals surface area contributed by atoms with Gasteiger partial charge in [0.05, 0.1) is 7.11 Å². The molecule has 0 saturated carbocycles. The molecule has 25 heavy (non-hydrogen) atoms. The lowest BCUT2D eigenvalue weighted by molar-refractivity contribution is 0.251. The highest BCUT2D eigenvalue weighted by Crippen LogP contribution is 2.18. The van der Waals surface area contributed by atoms with Crippen LogP contribution in [0.5, 0.6) is 5.75 Å². The smallest absolute Gasteiger partial charge is 0.170 e. The number of benzene rings is 2. The third-order valence-corrected chi connectivity index (χ3v) is 4.74. The molecule has 0 fully saturated rings. The summed E-state index contributed by atoms with van der Waals surface area (Å²) in [4.78, 5) is 2.52. The number of hydrogen-bond donors (Lipinski definition) is 2. The Kier molecular flexibility index (Phi) is 6.25. The topological polar surface area (TPSA) is 36.5 Å². The van der Waals surface area contributed by atoms with E-state index in [1.54, 1.807) is 7.11 Å². The van der Waals surface area contributed by atoms with E-state index in [1.807, 2.05) is 24.3 Å². The zero-order valence-corrected chi connectivity index (χ0v) is 15.4. The van der Waals surface area contributed by atoms with Gasteiger partial charge in [-0.2, -0.15) is 0 Å². The Morgan fingerprint density at radius 3 is 2.64 bits per heavy atom. The summed E-state index contributed by atoms with van der Waals surface area (Å²) < 4.78 is 5.15. The summed E-state index contributed by atoms with van der Waals surface area (Å²) in [7, 11) is 1.66. The number of rotatable bonds is 6. The van der Waals surface area contributed by atoms with Crippen molar-refractivity contribution in [2.75, 3.05) is 32.1 Å². The Morgan fingerprint density at radius 1 is 1.12 bits per heavy atom. The van der Waals surface area contributed by atoms with Crippen LogP contribution in [-0.4, -0.2) is 36.8 Å². The van der Waals surface area contributed by atoms with Crippen LogP contribution in [0.3, 0.4) is 0 Å². The van der Waals surface area contributed by atoms with Crippen LogP contribution in [0.2, 0.25) is 0 Å². The highest BCUT2D eigenvalue weighted by molar-refractivity contribution is 7.80. The number of nitrogens with zero attached hydrogens (tertiary/aromatic N) is 1. The fourth-order valence-electron chi connectivity index (χ4n) is 3.10. The average molecular weight is 356 g/mol. The summed E-state index contributed by atoms with van der Waals surface area (Å²) in [6.45, 7) is 4.17. The second-order valence-electron chi connectivity index (χ2n) is 6.26. The second-order valence-corrected chi connectivity index (χ2v) is 6.67. The van der Waals surface area contributed by atoms with Gasteiger partial charge in [-0.05, 0) is 60.5 Å². The number of fused-ring (bicyclic) bond motifs is 1. The van der Waals surface area contributed by atoms with E-state index in [0.717, 1.165) is 50.5 Å². The second kappa shape index (κ2) is 8.83. The first-order valence-corrected chi connectivity index (χ1v) is 9.13. The van der Waals surface area contributed by atoms with Crippen molar-refractivity contribution in [1.82, 2.24) is 10.2 Å².